The average Bonchev–Trinajstić information content (AvgIpc) is 2.51. The zero-order chi connectivity index (χ0) is 15.9. The normalized spacial score (nSPS) is 26.5. The Morgan fingerprint density at radius 1 is 1.27 bits per heavy atom. The van der Waals surface area contributed by atoms with E-state index in [0.717, 1.165) is 32.1 Å². The Labute approximate surface area is 134 Å². The van der Waals surface area contributed by atoms with Crippen LogP contribution in [0.3, 0.4) is 0 Å². The van der Waals surface area contributed by atoms with Crippen molar-refractivity contribution in [3.05, 3.63) is 35.9 Å². The first-order valence-electron chi connectivity index (χ1n) is 8.64. The largest absolute Gasteiger partial charge is 0.480 e. The van der Waals surface area contributed by atoms with E-state index in [1.54, 1.807) is 0 Å². The molecule has 3 nitrogen and oxygen atoms in total. The second-order valence-corrected chi connectivity index (χ2v) is 6.82. The lowest BCUT2D eigenvalue weighted by Crippen LogP contribution is -2.46. The quantitative estimate of drug-likeness (QED) is 0.794. The number of benzene rings is 1. The molecule has 2 N–H and O–H groups in total. The van der Waals surface area contributed by atoms with Crippen LogP contribution in [0.15, 0.2) is 30.3 Å². The molecule has 1 fully saturated rings. The Hall–Kier alpha value is -1.35. The van der Waals surface area contributed by atoms with Crippen LogP contribution in [0.4, 0.5) is 0 Å². The van der Waals surface area contributed by atoms with E-state index in [1.807, 2.05) is 0 Å². The summed E-state index contributed by atoms with van der Waals surface area (Å²) in [6.07, 6.45) is 6.07. The summed E-state index contributed by atoms with van der Waals surface area (Å²) >= 11 is 0. The van der Waals surface area contributed by atoms with Gasteiger partial charge >= 0.3 is 5.97 Å². The second kappa shape index (κ2) is 8.33. The van der Waals surface area contributed by atoms with E-state index in [-0.39, 0.29) is 0 Å². The number of nitrogens with one attached hydrogen (secondary N) is 1. The van der Waals surface area contributed by atoms with Crippen LogP contribution < -0.4 is 5.32 Å². The highest BCUT2D eigenvalue weighted by atomic mass is 16.4. The second-order valence-electron chi connectivity index (χ2n) is 6.82. The molecular formula is C19H29NO2. The molecule has 0 bridgehead atoms. The number of hydrogen-bond acceptors (Lipinski definition) is 2. The third kappa shape index (κ3) is 4.84. The Morgan fingerprint density at radius 3 is 2.64 bits per heavy atom. The summed E-state index contributed by atoms with van der Waals surface area (Å²) in [5, 5.41) is 12.8. The van der Waals surface area contributed by atoms with Gasteiger partial charge in [0.05, 0.1) is 0 Å². The summed E-state index contributed by atoms with van der Waals surface area (Å²) in [7, 11) is 0. The van der Waals surface area contributed by atoms with E-state index < -0.39 is 12.0 Å². The minimum absolute atomic E-state index is 0.312. The van der Waals surface area contributed by atoms with Crippen LogP contribution >= 0.6 is 0 Å². The predicted octanol–water partition coefficient (Wildman–Crippen LogP) is 4.19. The molecule has 1 saturated carbocycles. The molecule has 3 heteroatoms. The summed E-state index contributed by atoms with van der Waals surface area (Å²) < 4.78 is 0. The van der Waals surface area contributed by atoms with Gasteiger partial charge in [0.2, 0.25) is 0 Å². The molecule has 0 aromatic heterocycles. The van der Waals surface area contributed by atoms with Crippen LogP contribution in [0.2, 0.25) is 0 Å². The molecular weight excluding hydrogens is 274 g/mol. The van der Waals surface area contributed by atoms with Crippen molar-refractivity contribution in [2.75, 3.05) is 0 Å². The maximum absolute atomic E-state index is 11.4. The van der Waals surface area contributed by atoms with Gasteiger partial charge in [0, 0.05) is 6.04 Å². The van der Waals surface area contributed by atoms with Gasteiger partial charge in [-0.25, -0.2) is 0 Å². The minimum Gasteiger partial charge on any atom is -0.480 e. The van der Waals surface area contributed by atoms with E-state index in [2.05, 4.69) is 49.5 Å². The van der Waals surface area contributed by atoms with Gasteiger partial charge in [-0.3, -0.25) is 4.79 Å². The van der Waals surface area contributed by atoms with Gasteiger partial charge in [0.25, 0.3) is 0 Å². The molecule has 0 radical (unpaired) electrons. The van der Waals surface area contributed by atoms with Crippen molar-refractivity contribution in [1.29, 1.82) is 0 Å². The van der Waals surface area contributed by atoms with Crippen LogP contribution in [0.25, 0.3) is 0 Å². The predicted molar refractivity (Wildman–Crippen MR) is 90.1 cm³/mol. The van der Waals surface area contributed by atoms with Crippen molar-refractivity contribution in [1.82, 2.24) is 5.32 Å². The first-order chi connectivity index (χ1) is 10.6. The van der Waals surface area contributed by atoms with Gasteiger partial charge in [0.1, 0.15) is 6.04 Å². The molecule has 4 atom stereocenters. The first-order valence-corrected chi connectivity index (χ1v) is 8.64. The van der Waals surface area contributed by atoms with Gasteiger partial charge in [-0.05, 0) is 43.1 Å². The fourth-order valence-corrected chi connectivity index (χ4v) is 3.71. The summed E-state index contributed by atoms with van der Waals surface area (Å²) in [6, 6.07) is 10.6. The molecule has 0 saturated heterocycles. The van der Waals surface area contributed by atoms with Gasteiger partial charge in [0.15, 0.2) is 0 Å². The maximum atomic E-state index is 11.4. The van der Waals surface area contributed by atoms with E-state index >= 15 is 0 Å². The van der Waals surface area contributed by atoms with Crippen molar-refractivity contribution in [2.45, 2.75) is 70.4 Å². The third-order valence-electron chi connectivity index (χ3n) is 4.80. The molecule has 0 amide bonds. The number of aliphatic carboxylic acids is 1. The van der Waals surface area contributed by atoms with Gasteiger partial charge in [-0.1, -0.05) is 57.0 Å². The zero-order valence-electron chi connectivity index (χ0n) is 13.8. The molecule has 122 valence electrons. The number of unbranched alkanes of at least 4 members (excludes halogenated alkanes) is 1. The number of carboxylic acid groups (broad SMARTS) is 1. The highest BCUT2D eigenvalue weighted by Crippen LogP contribution is 2.36. The summed E-state index contributed by atoms with van der Waals surface area (Å²) in [4.78, 5) is 11.4. The maximum Gasteiger partial charge on any atom is 0.320 e. The average molecular weight is 303 g/mol. The SMILES string of the molecule is CCCC[C@H](NC1CC(C)CC(c2ccccc2)C1)C(=O)O. The fourth-order valence-electron chi connectivity index (χ4n) is 3.71. The van der Waals surface area contributed by atoms with Gasteiger partial charge in [-0.2, -0.15) is 0 Å². The molecule has 1 aliphatic rings. The zero-order valence-corrected chi connectivity index (χ0v) is 13.8. The summed E-state index contributed by atoms with van der Waals surface area (Å²) in [5.41, 5.74) is 1.39. The van der Waals surface area contributed by atoms with E-state index in [4.69, 9.17) is 0 Å². The van der Waals surface area contributed by atoms with E-state index in [1.165, 1.54) is 12.0 Å². The van der Waals surface area contributed by atoms with E-state index in [0.29, 0.717) is 17.9 Å². The Bertz CT molecular complexity index is 460. The molecule has 22 heavy (non-hydrogen) atoms. The van der Waals surface area contributed by atoms with Crippen molar-refractivity contribution in [2.24, 2.45) is 5.92 Å². The van der Waals surface area contributed by atoms with Gasteiger partial charge < -0.3 is 10.4 Å². The van der Waals surface area contributed by atoms with Crippen molar-refractivity contribution in [3.63, 3.8) is 0 Å². The van der Waals surface area contributed by atoms with Gasteiger partial charge in [-0.15, -0.1) is 0 Å². The molecule has 0 aliphatic heterocycles. The Kier molecular flexibility index (Phi) is 6.44. The molecule has 0 spiro atoms. The standard InChI is InChI=1S/C19H29NO2/c1-3-4-10-18(19(21)22)20-17-12-14(2)11-16(13-17)15-8-6-5-7-9-15/h5-9,14,16-18,20H,3-4,10-13H2,1-2H3,(H,21,22)/t14?,16?,17?,18-/m0/s1. The van der Waals surface area contributed by atoms with Crippen molar-refractivity contribution < 1.29 is 9.90 Å². The van der Waals surface area contributed by atoms with Crippen LogP contribution in [0.5, 0.6) is 0 Å². The summed E-state index contributed by atoms with van der Waals surface area (Å²) in [5.74, 6) is 0.475. The number of hydrogen-bond donors (Lipinski definition) is 2. The van der Waals surface area contributed by atoms with E-state index in [9.17, 15) is 9.90 Å². The number of rotatable bonds is 7. The van der Waals surface area contributed by atoms with Crippen LogP contribution in [0.1, 0.15) is 63.9 Å². The molecule has 2 rings (SSSR count). The fraction of sp³-hybridized carbons (Fsp3) is 0.632. The Balaban J connectivity index is 1.99. The molecule has 1 aliphatic carbocycles. The first kappa shape index (κ1) is 17.0. The summed E-state index contributed by atoms with van der Waals surface area (Å²) in [6.45, 7) is 4.39. The lowest BCUT2D eigenvalue weighted by molar-refractivity contribution is -0.140. The molecule has 1 aromatic rings. The third-order valence-corrected chi connectivity index (χ3v) is 4.80. The van der Waals surface area contributed by atoms with Crippen molar-refractivity contribution in [3.8, 4) is 0 Å². The molecule has 3 unspecified atom stereocenters. The lowest BCUT2D eigenvalue weighted by atomic mass is 9.76. The lowest BCUT2D eigenvalue weighted by Gasteiger charge is -2.35. The highest BCUT2D eigenvalue weighted by Gasteiger charge is 2.30. The van der Waals surface area contributed by atoms with Crippen LogP contribution in [-0.4, -0.2) is 23.2 Å². The highest BCUT2D eigenvalue weighted by molar-refractivity contribution is 5.73. The molecule has 1 aromatic carbocycles. The van der Waals surface area contributed by atoms with Crippen LogP contribution in [0, 0.1) is 5.92 Å². The smallest absolute Gasteiger partial charge is 0.320 e. The Morgan fingerprint density at radius 2 is 2.00 bits per heavy atom. The number of carbonyl (C=O) groups is 1. The van der Waals surface area contributed by atoms with Crippen molar-refractivity contribution >= 4 is 5.97 Å². The number of carboxylic acids is 1. The van der Waals surface area contributed by atoms with Crippen LogP contribution in [-0.2, 0) is 4.79 Å². The molecule has 0 heterocycles. The monoisotopic (exact) mass is 303 g/mol. The minimum atomic E-state index is -0.706. The topological polar surface area (TPSA) is 49.3 Å².